The average Bonchev–Trinajstić information content (AvgIpc) is 3.09. The van der Waals surface area contributed by atoms with E-state index in [4.69, 9.17) is 4.74 Å². The molecule has 2 fully saturated rings. The lowest BCUT2D eigenvalue weighted by atomic mass is 9.72. The van der Waals surface area contributed by atoms with E-state index in [2.05, 4.69) is 5.32 Å². The predicted molar refractivity (Wildman–Crippen MR) is 106 cm³/mol. The Hall–Kier alpha value is -2.29. The SMILES string of the molecule is O=C(Nc1cccc(F)c1)C1CN(S(=O)(=O)c2ccccc2)CC12CCOCC2. The quantitative estimate of drug-likeness (QED) is 0.829. The van der Waals surface area contributed by atoms with Crippen molar-refractivity contribution in [3.8, 4) is 0 Å². The molecule has 4 rings (SSSR count). The number of benzene rings is 2. The van der Waals surface area contributed by atoms with Gasteiger partial charge in [-0.25, -0.2) is 12.8 Å². The summed E-state index contributed by atoms with van der Waals surface area (Å²) in [5, 5.41) is 2.77. The summed E-state index contributed by atoms with van der Waals surface area (Å²) in [4.78, 5) is 13.3. The molecule has 2 aromatic carbocycles. The van der Waals surface area contributed by atoms with Gasteiger partial charge in [0.05, 0.1) is 10.8 Å². The highest BCUT2D eigenvalue weighted by atomic mass is 32.2. The fourth-order valence-electron chi connectivity index (χ4n) is 4.29. The molecule has 1 unspecified atom stereocenters. The van der Waals surface area contributed by atoms with Crippen LogP contribution in [0.2, 0.25) is 0 Å². The molecular weight excluding hydrogens is 395 g/mol. The van der Waals surface area contributed by atoms with E-state index in [0.717, 1.165) is 0 Å². The lowest BCUT2D eigenvalue weighted by Gasteiger charge is -2.37. The standard InChI is InChI=1S/C21H23FN2O4S/c22-16-5-4-6-17(13-16)23-20(25)19-14-24(15-21(19)9-11-28-12-10-21)29(26,27)18-7-2-1-3-8-18/h1-8,13,19H,9-12,14-15H2,(H,23,25). The Morgan fingerprint density at radius 3 is 2.52 bits per heavy atom. The van der Waals surface area contributed by atoms with Crippen LogP contribution in [0.3, 0.4) is 0 Å². The second kappa shape index (κ2) is 7.85. The van der Waals surface area contributed by atoms with Gasteiger partial charge in [-0.05, 0) is 43.2 Å². The molecule has 154 valence electrons. The zero-order valence-corrected chi connectivity index (χ0v) is 16.7. The molecule has 2 aliphatic heterocycles. The van der Waals surface area contributed by atoms with Crippen molar-refractivity contribution < 1.29 is 22.3 Å². The van der Waals surface area contributed by atoms with Crippen LogP contribution < -0.4 is 5.32 Å². The van der Waals surface area contributed by atoms with Gasteiger partial charge in [0.2, 0.25) is 15.9 Å². The van der Waals surface area contributed by atoms with Crippen molar-refractivity contribution in [3.63, 3.8) is 0 Å². The monoisotopic (exact) mass is 418 g/mol. The normalized spacial score (nSPS) is 21.9. The smallest absolute Gasteiger partial charge is 0.243 e. The fourth-order valence-corrected chi connectivity index (χ4v) is 5.86. The maximum Gasteiger partial charge on any atom is 0.243 e. The fraction of sp³-hybridized carbons (Fsp3) is 0.381. The number of amides is 1. The molecule has 0 radical (unpaired) electrons. The minimum atomic E-state index is -3.71. The molecule has 2 aliphatic rings. The maximum absolute atomic E-state index is 13.5. The van der Waals surface area contributed by atoms with Crippen molar-refractivity contribution in [2.45, 2.75) is 17.7 Å². The maximum atomic E-state index is 13.5. The Labute approximate surface area is 169 Å². The first-order valence-electron chi connectivity index (χ1n) is 9.60. The van der Waals surface area contributed by atoms with Gasteiger partial charge in [0.1, 0.15) is 5.82 Å². The van der Waals surface area contributed by atoms with Crippen LogP contribution in [-0.2, 0) is 19.6 Å². The first kappa shape index (κ1) is 20.0. The van der Waals surface area contributed by atoms with Gasteiger partial charge in [-0.2, -0.15) is 4.31 Å². The second-order valence-electron chi connectivity index (χ2n) is 7.64. The van der Waals surface area contributed by atoms with E-state index >= 15 is 0 Å². The largest absolute Gasteiger partial charge is 0.381 e. The molecule has 1 amide bonds. The third-order valence-corrected chi connectivity index (χ3v) is 7.72. The Morgan fingerprint density at radius 2 is 1.83 bits per heavy atom. The van der Waals surface area contributed by atoms with Crippen molar-refractivity contribution in [2.24, 2.45) is 11.3 Å². The van der Waals surface area contributed by atoms with Crippen LogP contribution in [0, 0.1) is 17.2 Å². The lowest BCUT2D eigenvalue weighted by molar-refractivity contribution is -0.124. The Morgan fingerprint density at radius 1 is 1.10 bits per heavy atom. The van der Waals surface area contributed by atoms with Crippen molar-refractivity contribution in [1.29, 1.82) is 0 Å². The molecule has 29 heavy (non-hydrogen) atoms. The molecule has 8 heteroatoms. The molecule has 6 nitrogen and oxygen atoms in total. The van der Waals surface area contributed by atoms with Gasteiger partial charge in [-0.1, -0.05) is 24.3 Å². The lowest BCUT2D eigenvalue weighted by Crippen LogP contribution is -2.42. The van der Waals surface area contributed by atoms with Gasteiger partial charge in [-0.15, -0.1) is 0 Å². The van der Waals surface area contributed by atoms with E-state index in [1.54, 1.807) is 36.4 Å². The van der Waals surface area contributed by atoms with Gasteiger partial charge < -0.3 is 10.1 Å². The molecule has 0 saturated carbocycles. The summed E-state index contributed by atoms with van der Waals surface area (Å²) in [5.41, 5.74) is -0.126. The van der Waals surface area contributed by atoms with Crippen LogP contribution in [0.5, 0.6) is 0 Å². The first-order valence-corrected chi connectivity index (χ1v) is 11.0. The number of sulfonamides is 1. The number of carbonyl (C=O) groups is 1. The van der Waals surface area contributed by atoms with E-state index in [1.807, 2.05) is 0 Å². The molecule has 0 aromatic heterocycles. The molecule has 0 bridgehead atoms. The number of ether oxygens (including phenoxy) is 1. The minimum Gasteiger partial charge on any atom is -0.381 e. The third kappa shape index (κ3) is 3.92. The van der Waals surface area contributed by atoms with Gasteiger partial charge in [-0.3, -0.25) is 4.79 Å². The molecule has 2 aromatic rings. The zero-order chi connectivity index (χ0) is 20.5. The Bertz CT molecular complexity index is 991. The van der Waals surface area contributed by atoms with Crippen molar-refractivity contribution >= 4 is 21.6 Å². The molecule has 1 atom stereocenters. The molecule has 1 spiro atoms. The Balaban J connectivity index is 1.62. The number of anilines is 1. The third-order valence-electron chi connectivity index (χ3n) is 5.89. The van der Waals surface area contributed by atoms with Crippen LogP contribution in [-0.4, -0.2) is 44.9 Å². The van der Waals surface area contributed by atoms with E-state index in [9.17, 15) is 17.6 Å². The van der Waals surface area contributed by atoms with Crippen molar-refractivity contribution in [2.75, 3.05) is 31.6 Å². The summed E-state index contributed by atoms with van der Waals surface area (Å²) in [6.07, 6.45) is 1.21. The Kier molecular flexibility index (Phi) is 5.42. The van der Waals surface area contributed by atoms with Gasteiger partial charge in [0.25, 0.3) is 0 Å². The highest BCUT2D eigenvalue weighted by Gasteiger charge is 2.53. The zero-order valence-electron chi connectivity index (χ0n) is 15.9. The van der Waals surface area contributed by atoms with Crippen molar-refractivity contribution in [3.05, 3.63) is 60.4 Å². The highest BCUT2D eigenvalue weighted by Crippen LogP contribution is 2.46. The summed E-state index contributed by atoms with van der Waals surface area (Å²) in [6.45, 7) is 1.35. The number of carbonyl (C=O) groups excluding carboxylic acids is 1. The number of nitrogens with one attached hydrogen (secondary N) is 1. The predicted octanol–water partition coefficient (Wildman–Crippen LogP) is 2.88. The number of hydrogen-bond donors (Lipinski definition) is 1. The summed E-state index contributed by atoms with van der Waals surface area (Å²) >= 11 is 0. The topological polar surface area (TPSA) is 75.7 Å². The van der Waals surface area contributed by atoms with Crippen LogP contribution in [0.25, 0.3) is 0 Å². The molecule has 1 N–H and O–H groups in total. The van der Waals surface area contributed by atoms with E-state index < -0.39 is 27.2 Å². The second-order valence-corrected chi connectivity index (χ2v) is 9.58. The van der Waals surface area contributed by atoms with E-state index in [0.29, 0.717) is 31.7 Å². The van der Waals surface area contributed by atoms with Gasteiger partial charge >= 0.3 is 0 Å². The molecule has 2 heterocycles. The van der Waals surface area contributed by atoms with Crippen LogP contribution in [0.1, 0.15) is 12.8 Å². The molecular formula is C21H23FN2O4S. The summed E-state index contributed by atoms with van der Waals surface area (Å²) in [5.74, 6) is -1.26. The van der Waals surface area contributed by atoms with Crippen LogP contribution in [0.15, 0.2) is 59.5 Å². The summed E-state index contributed by atoms with van der Waals surface area (Å²) in [6, 6.07) is 13.9. The number of hydrogen-bond acceptors (Lipinski definition) is 4. The van der Waals surface area contributed by atoms with Crippen LogP contribution in [0.4, 0.5) is 10.1 Å². The van der Waals surface area contributed by atoms with Gasteiger partial charge in [0, 0.05) is 37.4 Å². The number of halogens is 1. The summed E-state index contributed by atoms with van der Waals surface area (Å²) in [7, 11) is -3.71. The minimum absolute atomic E-state index is 0.0956. The average molecular weight is 418 g/mol. The van der Waals surface area contributed by atoms with E-state index in [1.165, 1.54) is 22.5 Å². The van der Waals surface area contributed by atoms with Crippen LogP contribution >= 0.6 is 0 Å². The highest BCUT2D eigenvalue weighted by molar-refractivity contribution is 7.89. The van der Waals surface area contributed by atoms with E-state index in [-0.39, 0.29) is 23.9 Å². The van der Waals surface area contributed by atoms with Crippen molar-refractivity contribution in [1.82, 2.24) is 4.31 Å². The molecule has 0 aliphatic carbocycles. The first-order chi connectivity index (χ1) is 13.9. The van der Waals surface area contributed by atoms with Gasteiger partial charge in [0.15, 0.2) is 0 Å². The number of nitrogens with zero attached hydrogens (tertiary/aromatic N) is 1. The molecule has 2 saturated heterocycles. The summed E-state index contributed by atoms with van der Waals surface area (Å²) < 4.78 is 46.7. The number of rotatable bonds is 4.